The molecule has 0 fully saturated rings. The molecule has 0 radical (unpaired) electrons. The highest BCUT2D eigenvalue weighted by atomic mass is 79.9. The number of nitrogens with one attached hydrogen (secondary N) is 3. The van der Waals surface area contributed by atoms with Gasteiger partial charge in [0, 0.05) is 4.47 Å². The Balaban J connectivity index is 2.23. The van der Waals surface area contributed by atoms with Crippen LogP contribution in [0.5, 0.6) is 5.75 Å². The average molecular weight is 374 g/mol. The number of nitrogens with zero attached hydrogens (tertiary/aromatic N) is 2. The standard InChI is InChI=1S/C16H16BrN5O/c1-19-10-20-16(21-13-5-3-2-4-12(13)17)22-14-7-6-11(9-18)8-15(14)23/h2-8,19,23H,10H2,1H3,(H2,20,21,22). The number of para-hydroxylation sites is 1. The van der Waals surface area contributed by atoms with E-state index in [-0.39, 0.29) is 5.75 Å². The molecule has 0 unspecified atom stereocenters. The van der Waals surface area contributed by atoms with Crippen LogP contribution in [0.2, 0.25) is 0 Å². The molecule has 2 rings (SSSR count). The van der Waals surface area contributed by atoms with Crippen LogP contribution in [0.3, 0.4) is 0 Å². The Labute approximate surface area is 143 Å². The van der Waals surface area contributed by atoms with Gasteiger partial charge in [0.2, 0.25) is 5.96 Å². The van der Waals surface area contributed by atoms with E-state index < -0.39 is 0 Å². The molecule has 0 aliphatic carbocycles. The van der Waals surface area contributed by atoms with Crippen molar-refractivity contribution in [2.45, 2.75) is 0 Å². The lowest BCUT2D eigenvalue weighted by Crippen LogP contribution is -2.24. The highest BCUT2D eigenvalue weighted by molar-refractivity contribution is 9.10. The van der Waals surface area contributed by atoms with Crippen molar-refractivity contribution in [2.75, 3.05) is 24.3 Å². The number of nitriles is 1. The molecule has 6 nitrogen and oxygen atoms in total. The molecule has 0 bridgehead atoms. The van der Waals surface area contributed by atoms with E-state index in [0.717, 1.165) is 10.2 Å². The second-order valence-corrected chi connectivity index (χ2v) is 5.45. The van der Waals surface area contributed by atoms with Crippen LogP contribution in [0.25, 0.3) is 0 Å². The first-order valence-corrected chi connectivity index (χ1v) is 7.64. The molecule has 2 aromatic rings. The number of aliphatic imine (C=N–C) groups is 1. The molecule has 7 heteroatoms. The maximum absolute atomic E-state index is 10.00. The largest absolute Gasteiger partial charge is 0.506 e. The molecule has 0 atom stereocenters. The third-order valence-corrected chi connectivity index (χ3v) is 3.59. The zero-order valence-corrected chi connectivity index (χ0v) is 14.1. The molecule has 0 amide bonds. The van der Waals surface area contributed by atoms with Crippen LogP contribution >= 0.6 is 15.9 Å². The molecular formula is C16H16BrN5O. The quantitative estimate of drug-likeness (QED) is 0.375. The van der Waals surface area contributed by atoms with E-state index in [9.17, 15) is 5.11 Å². The van der Waals surface area contributed by atoms with Crippen molar-refractivity contribution in [3.8, 4) is 11.8 Å². The van der Waals surface area contributed by atoms with Crippen LogP contribution in [0.4, 0.5) is 11.4 Å². The van der Waals surface area contributed by atoms with Crippen molar-refractivity contribution in [1.29, 1.82) is 5.26 Å². The molecule has 0 aliphatic rings. The monoisotopic (exact) mass is 373 g/mol. The Morgan fingerprint density at radius 1 is 1.22 bits per heavy atom. The molecule has 118 valence electrons. The van der Waals surface area contributed by atoms with E-state index in [2.05, 4.69) is 36.9 Å². The molecule has 0 heterocycles. The number of anilines is 2. The minimum absolute atomic E-state index is 0.0184. The van der Waals surface area contributed by atoms with Crippen molar-refractivity contribution in [2.24, 2.45) is 4.99 Å². The zero-order chi connectivity index (χ0) is 16.7. The second kappa shape index (κ2) is 8.17. The fourth-order valence-electron chi connectivity index (χ4n) is 1.79. The summed E-state index contributed by atoms with van der Waals surface area (Å²) in [5.41, 5.74) is 1.68. The predicted molar refractivity (Wildman–Crippen MR) is 95.6 cm³/mol. The van der Waals surface area contributed by atoms with Crippen LogP contribution in [-0.2, 0) is 0 Å². The van der Waals surface area contributed by atoms with E-state index in [4.69, 9.17) is 5.26 Å². The summed E-state index contributed by atoms with van der Waals surface area (Å²) in [6, 6.07) is 14.3. The lowest BCUT2D eigenvalue weighted by Gasteiger charge is -2.14. The molecule has 0 aliphatic heterocycles. The Hall–Kier alpha value is -2.56. The summed E-state index contributed by atoms with van der Waals surface area (Å²) < 4.78 is 0.892. The van der Waals surface area contributed by atoms with Crippen LogP contribution in [0.1, 0.15) is 5.56 Å². The molecule has 0 spiro atoms. The third-order valence-electron chi connectivity index (χ3n) is 2.90. The fraction of sp³-hybridized carbons (Fsp3) is 0.125. The van der Waals surface area contributed by atoms with Gasteiger partial charge >= 0.3 is 0 Å². The summed E-state index contributed by atoms with van der Waals surface area (Å²) in [7, 11) is 1.79. The van der Waals surface area contributed by atoms with Crippen LogP contribution in [-0.4, -0.2) is 24.8 Å². The summed E-state index contributed by atoms with van der Waals surface area (Å²) in [5, 5.41) is 28.0. The Morgan fingerprint density at radius 3 is 2.61 bits per heavy atom. The van der Waals surface area contributed by atoms with Gasteiger partial charge in [0.1, 0.15) is 5.75 Å². The first-order chi connectivity index (χ1) is 11.1. The second-order valence-electron chi connectivity index (χ2n) is 4.59. The first-order valence-electron chi connectivity index (χ1n) is 6.84. The van der Waals surface area contributed by atoms with Gasteiger partial charge in [-0.15, -0.1) is 0 Å². The minimum Gasteiger partial charge on any atom is -0.506 e. The van der Waals surface area contributed by atoms with Gasteiger partial charge in [-0.25, -0.2) is 4.99 Å². The summed E-state index contributed by atoms with van der Waals surface area (Å²) in [6.45, 7) is 0.400. The number of rotatable bonds is 4. The van der Waals surface area contributed by atoms with Crippen molar-refractivity contribution in [3.63, 3.8) is 0 Å². The van der Waals surface area contributed by atoms with Gasteiger partial charge in [0.15, 0.2) is 0 Å². The summed E-state index contributed by atoms with van der Waals surface area (Å²) in [6.07, 6.45) is 0. The van der Waals surface area contributed by atoms with Gasteiger partial charge in [-0.1, -0.05) is 12.1 Å². The number of halogens is 1. The molecule has 0 saturated carbocycles. The number of guanidine groups is 1. The topological polar surface area (TPSA) is 92.5 Å². The SMILES string of the molecule is CNCN=C(Nc1ccc(C#N)cc1O)Nc1ccccc1Br. The first kappa shape index (κ1) is 16.8. The van der Waals surface area contributed by atoms with Crippen LogP contribution in [0.15, 0.2) is 51.9 Å². The van der Waals surface area contributed by atoms with Gasteiger partial charge in [-0.3, -0.25) is 0 Å². The van der Waals surface area contributed by atoms with Gasteiger partial charge in [0.05, 0.1) is 29.7 Å². The minimum atomic E-state index is -0.0184. The Morgan fingerprint density at radius 2 is 1.96 bits per heavy atom. The fourth-order valence-corrected chi connectivity index (χ4v) is 2.18. The number of aromatic hydroxyl groups is 1. The van der Waals surface area contributed by atoms with E-state index in [1.54, 1.807) is 19.2 Å². The van der Waals surface area contributed by atoms with E-state index >= 15 is 0 Å². The number of phenolic OH excluding ortho intramolecular Hbond substituents is 1. The van der Waals surface area contributed by atoms with Crippen molar-refractivity contribution in [3.05, 3.63) is 52.5 Å². The average Bonchev–Trinajstić information content (AvgIpc) is 2.56. The summed E-state index contributed by atoms with van der Waals surface area (Å²) in [4.78, 5) is 4.34. The smallest absolute Gasteiger partial charge is 0.201 e. The molecule has 23 heavy (non-hydrogen) atoms. The molecular weight excluding hydrogens is 358 g/mol. The number of hydrogen-bond acceptors (Lipinski definition) is 4. The van der Waals surface area contributed by atoms with E-state index in [1.165, 1.54) is 6.07 Å². The third kappa shape index (κ3) is 4.71. The van der Waals surface area contributed by atoms with Crippen LogP contribution < -0.4 is 16.0 Å². The molecule has 0 saturated heterocycles. The van der Waals surface area contributed by atoms with Gasteiger partial charge in [-0.05, 0) is 53.3 Å². The lowest BCUT2D eigenvalue weighted by atomic mass is 10.2. The lowest BCUT2D eigenvalue weighted by molar-refractivity contribution is 0.477. The Bertz CT molecular complexity index is 754. The van der Waals surface area contributed by atoms with Crippen LogP contribution in [0, 0.1) is 11.3 Å². The Kier molecular flexibility index (Phi) is 5.97. The van der Waals surface area contributed by atoms with Gasteiger partial charge < -0.3 is 21.1 Å². The predicted octanol–water partition coefficient (Wildman–Crippen LogP) is 3.08. The van der Waals surface area contributed by atoms with Gasteiger partial charge in [-0.2, -0.15) is 5.26 Å². The summed E-state index contributed by atoms with van der Waals surface area (Å²) >= 11 is 3.47. The van der Waals surface area contributed by atoms with Crippen molar-refractivity contribution >= 4 is 33.3 Å². The maximum Gasteiger partial charge on any atom is 0.201 e. The summed E-state index contributed by atoms with van der Waals surface area (Å²) in [5.74, 6) is 0.446. The normalized spacial score (nSPS) is 10.9. The molecule has 4 N–H and O–H groups in total. The van der Waals surface area contributed by atoms with E-state index in [1.807, 2.05) is 30.3 Å². The molecule has 2 aromatic carbocycles. The number of phenols is 1. The highest BCUT2D eigenvalue weighted by Crippen LogP contribution is 2.25. The highest BCUT2D eigenvalue weighted by Gasteiger charge is 2.08. The number of hydrogen-bond donors (Lipinski definition) is 4. The van der Waals surface area contributed by atoms with E-state index in [0.29, 0.717) is 23.9 Å². The van der Waals surface area contributed by atoms with Crippen molar-refractivity contribution in [1.82, 2.24) is 5.32 Å². The maximum atomic E-state index is 10.00. The zero-order valence-electron chi connectivity index (χ0n) is 12.5. The van der Waals surface area contributed by atoms with Crippen molar-refractivity contribution < 1.29 is 5.11 Å². The number of benzene rings is 2. The molecule has 0 aromatic heterocycles. The van der Waals surface area contributed by atoms with Gasteiger partial charge in [0.25, 0.3) is 0 Å².